The molecule has 4 nitrogen and oxygen atoms in total. The van der Waals surface area contributed by atoms with Crippen LogP contribution in [0.5, 0.6) is 0 Å². The summed E-state index contributed by atoms with van der Waals surface area (Å²) in [6.07, 6.45) is 0.899. The third-order valence-electron chi connectivity index (χ3n) is 2.82. The number of hydrogen-bond donors (Lipinski definition) is 2. The van der Waals surface area contributed by atoms with Crippen molar-refractivity contribution in [3.8, 4) is 0 Å². The van der Waals surface area contributed by atoms with Gasteiger partial charge >= 0.3 is 0 Å². The maximum atomic E-state index is 12.1. The Morgan fingerprint density at radius 3 is 2.63 bits per heavy atom. The maximum Gasteiger partial charge on any atom is 0.242 e. The lowest BCUT2D eigenvalue weighted by atomic mass is 10.1. The van der Waals surface area contributed by atoms with Crippen LogP contribution >= 0.6 is 23.8 Å². The Morgan fingerprint density at radius 1 is 1.53 bits per heavy atom. The van der Waals surface area contributed by atoms with E-state index in [0.717, 1.165) is 6.42 Å². The lowest BCUT2D eigenvalue weighted by molar-refractivity contribution is 0.528. The lowest BCUT2D eigenvalue weighted by Crippen LogP contribution is -2.28. The fourth-order valence-corrected chi connectivity index (χ4v) is 3.18. The van der Waals surface area contributed by atoms with Gasteiger partial charge in [0.1, 0.15) is 9.88 Å². The Morgan fingerprint density at radius 2 is 2.16 bits per heavy atom. The van der Waals surface area contributed by atoms with Crippen LogP contribution in [0.1, 0.15) is 25.8 Å². The predicted molar refractivity (Wildman–Crippen MR) is 82.0 cm³/mol. The van der Waals surface area contributed by atoms with Crippen molar-refractivity contribution in [1.29, 1.82) is 0 Å². The van der Waals surface area contributed by atoms with Crippen molar-refractivity contribution in [3.63, 3.8) is 0 Å². The first-order chi connectivity index (χ1) is 8.77. The zero-order valence-corrected chi connectivity index (χ0v) is 13.2. The molecule has 1 aromatic carbocycles. The highest BCUT2D eigenvalue weighted by atomic mass is 35.5. The molecule has 106 valence electrons. The molecular formula is C12H17ClN2O2S2. The molecule has 1 rings (SSSR count). The molecule has 0 aromatic heterocycles. The van der Waals surface area contributed by atoms with E-state index in [4.69, 9.17) is 29.6 Å². The Bertz CT molecular complexity index is 573. The van der Waals surface area contributed by atoms with Gasteiger partial charge in [-0.3, -0.25) is 0 Å². The molecule has 0 heterocycles. The third kappa shape index (κ3) is 4.42. The number of rotatable bonds is 6. The number of benzene rings is 1. The quantitative estimate of drug-likeness (QED) is 0.789. The summed E-state index contributed by atoms with van der Waals surface area (Å²) in [6.45, 7) is 4.36. The molecule has 7 heteroatoms. The average molecular weight is 321 g/mol. The highest BCUT2D eigenvalue weighted by Crippen LogP contribution is 2.22. The Kier molecular flexibility index (Phi) is 5.73. The fraction of sp³-hybridized carbons (Fsp3) is 0.417. The number of nitrogens with two attached hydrogens (primary N) is 1. The molecule has 0 aliphatic carbocycles. The van der Waals surface area contributed by atoms with Crippen molar-refractivity contribution in [2.45, 2.75) is 25.2 Å². The van der Waals surface area contributed by atoms with E-state index in [1.54, 1.807) is 6.07 Å². The van der Waals surface area contributed by atoms with Crippen LogP contribution in [0.15, 0.2) is 23.1 Å². The van der Waals surface area contributed by atoms with Gasteiger partial charge < -0.3 is 5.73 Å². The molecule has 0 saturated heterocycles. The molecule has 0 spiro atoms. The second-order valence-corrected chi connectivity index (χ2v) is 6.96. The van der Waals surface area contributed by atoms with Crippen molar-refractivity contribution in [3.05, 3.63) is 28.8 Å². The Balaban J connectivity index is 2.99. The molecule has 1 atom stereocenters. The highest BCUT2D eigenvalue weighted by Gasteiger charge is 2.18. The summed E-state index contributed by atoms with van der Waals surface area (Å²) in [5.74, 6) is 0.268. The van der Waals surface area contributed by atoms with E-state index >= 15 is 0 Å². The topological polar surface area (TPSA) is 72.2 Å². The van der Waals surface area contributed by atoms with E-state index in [2.05, 4.69) is 4.72 Å². The van der Waals surface area contributed by atoms with Crippen LogP contribution in [0.4, 0.5) is 0 Å². The van der Waals surface area contributed by atoms with Gasteiger partial charge in [0.2, 0.25) is 10.0 Å². The van der Waals surface area contributed by atoms with Crippen LogP contribution in [0.2, 0.25) is 5.02 Å². The fourth-order valence-electron chi connectivity index (χ4n) is 1.35. The summed E-state index contributed by atoms with van der Waals surface area (Å²) in [6, 6.07) is 4.42. The molecular weight excluding hydrogens is 304 g/mol. The molecule has 0 amide bonds. The molecule has 1 aromatic rings. The smallest absolute Gasteiger partial charge is 0.242 e. The van der Waals surface area contributed by atoms with Crippen LogP contribution in [-0.4, -0.2) is 20.0 Å². The van der Waals surface area contributed by atoms with E-state index in [0.29, 0.717) is 12.1 Å². The monoisotopic (exact) mass is 320 g/mol. The second-order valence-electron chi connectivity index (χ2n) is 4.37. The SMILES string of the molecule is CCC(C)CNS(=O)(=O)c1ccc(C(N)=S)cc1Cl. The first kappa shape index (κ1) is 16.4. The van der Waals surface area contributed by atoms with E-state index < -0.39 is 10.0 Å². The first-order valence-electron chi connectivity index (χ1n) is 5.87. The zero-order chi connectivity index (χ0) is 14.6. The van der Waals surface area contributed by atoms with Crippen molar-refractivity contribution >= 4 is 38.8 Å². The summed E-state index contributed by atoms with van der Waals surface area (Å²) in [4.78, 5) is 0.218. The number of nitrogens with one attached hydrogen (secondary N) is 1. The van der Waals surface area contributed by atoms with Crippen LogP contribution in [0, 0.1) is 5.92 Å². The molecule has 1 unspecified atom stereocenters. The predicted octanol–water partition coefficient (Wildman–Crippen LogP) is 2.30. The van der Waals surface area contributed by atoms with Crippen LogP contribution in [-0.2, 0) is 10.0 Å². The summed E-state index contributed by atoms with van der Waals surface area (Å²) in [5, 5.41) is 0.113. The minimum Gasteiger partial charge on any atom is -0.389 e. The van der Waals surface area contributed by atoms with Gasteiger partial charge in [-0.25, -0.2) is 13.1 Å². The van der Waals surface area contributed by atoms with Gasteiger partial charge in [0, 0.05) is 12.1 Å². The molecule has 0 bridgehead atoms. The van der Waals surface area contributed by atoms with Crippen molar-refractivity contribution in [2.75, 3.05) is 6.54 Å². The van der Waals surface area contributed by atoms with E-state index in [9.17, 15) is 8.42 Å². The molecule has 0 fully saturated rings. The van der Waals surface area contributed by atoms with E-state index in [1.165, 1.54) is 12.1 Å². The molecule has 0 saturated carbocycles. The summed E-state index contributed by atoms with van der Waals surface area (Å²) >= 11 is 10.8. The van der Waals surface area contributed by atoms with Crippen LogP contribution in [0.25, 0.3) is 0 Å². The molecule has 0 aliphatic rings. The Hall–Kier alpha value is -0.690. The largest absolute Gasteiger partial charge is 0.389 e. The van der Waals surface area contributed by atoms with Crippen LogP contribution in [0.3, 0.4) is 0 Å². The molecule has 0 radical (unpaired) electrons. The summed E-state index contributed by atoms with van der Waals surface area (Å²) < 4.78 is 26.7. The third-order valence-corrected chi connectivity index (χ3v) is 4.97. The number of thiocarbonyl (C=S) groups is 1. The molecule has 0 aliphatic heterocycles. The first-order valence-corrected chi connectivity index (χ1v) is 8.14. The number of hydrogen-bond acceptors (Lipinski definition) is 3. The minimum atomic E-state index is -3.60. The van der Waals surface area contributed by atoms with Gasteiger partial charge in [0.15, 0.2) is 0 Å². The van der Waals surface area contributed by atoms with Gasteiger partial charge in [-0.05, 0) is 18.1 Å². The second kappa shape index (κ2) is 6.65. The van der Waals surface area contributed by atoms with Crippen molar-refractivity contribution < 1.29 is 8.42 Å². The number of sulfonamides is 1. The van der Waals surface area contributed by atoms with Crippen LogP contribution < -0.4 is 10.5 Å². The van der Waals surface area contributed by atoms with E-state index in [-0.39, 0.29) is 20.8 Å². The Labute approximate surface area is 124 Å². The van der Waals surface area contributed by atoms with Gasteiger partial charge in [-0.1, -0.05) is 50.2 Å². The van der Waals surface area contributed by atoms with Gasteiger partial charge in [0.25, 0.3) is 0 Å². The van der Waals surface area contributed by atoms with Gasteiger partial charge in [0.05, 0.1) is 5.02 Å². The average Bonchev–Trinajstić information content (AvgIpc) is 2.35. The van der Waals surface area contributed by atoms with Crippen molar-refractivity contribution in [1.82, 2.24) is 4.72 Å². The normalized spacial score (nSPS) is 13.2. The van der Waals surface area contributed by atoms with E-state index in [1.807, 2.05) is 13.8 Å². The lowest BCUT2D eigenvalue weighted by Gasteiger charge is -2.12. The van der Waals surface area contributed by atoms with Gasteiger partial charge in [-0.2, -0.15) is 0 Å². The molecule has 3 N–H and O–H groups in total. The summed E-state index contributed by atoms with van der Waals surface area (Å²) in [7, 11) is -3.60. The van der Waals surface area contributed by atoms with Crippen molar-refractivity contribution in [2.24, 2.45) is 11.7 Å². The van der Waals surface area contributed by atoms with Gasteiger partial charge in [-0.15, -0.1) is 0 Å². The highest BCUT2D eigenvalue weighted by molar-refractivity contribution is 7.89. The maximum absolute atomic E-state index is 12.1. The summed E-state index contributed by atoms with van der Waals surface area (Å²) in [5.41, 5.74) is 6.01. The number of halogens is 1. The zero-order valence-electron chi connectivity index (χ0n) is 10.8. The minimum absolute atomic E-state index is 0.0393. The standard InChI is InChI=1S/C12H17ClN2O2S2/c1-3-8(2)7-15-19(16,17)11-5-4-9(12(14)18)6-10(11)13/h4-6,8,15H,3,7H2,1-2H3,(H2,14,18). The molecule has 19 heavy (non-hydrogen) atoms.